The fourth-order valence-corrected chi connectivity index (χ4v) is 4.41. The van der Waals surface area contributed by atoms with Crippen molar-refractivity contribution in [1.29, 1.82) is 0 Å². The highest BCUT2D eigenvalue weighted by atomic mass is 35.5. The van der Waals surface area contributed by atoms with Crippen LogP contribution < -0.4 is 5.32 Å². The number of thiophene rings is 1. The monoisotopic (exact) mass is 415 g/mol. The Morgan fingerprint density at radius 2 is 2.21 bits per heavy atom. The van der Waals surface area contributed by atoms with E-state index >= 15 is 0 Å². The van der Waals surface area contributed by atoms with Crippen LogP contribution in [0.4, 0.5) is 10.1 Å². The molecule has 0 bridgehead atoms. The van der Waals surface area contributed by atoms with E-state index in [1.54, 1.807) is 53.6 Å². The Labute approximate surface area is 169 Å². The number of hydrogen-bond acceptors (Lipinski definition) is 4. The van der Waals surface area contributed by atoms with E-state index in [4.69, 9.17) is 16.3 Å². The highest BCUT2D eigenvalue weighted by molar-refractivity contribution is 7.21. The van der Waals surface area contributed by atoms with Crippen molar-refractivity contribution in [2.24, 2.45) is 0 Å². The first-order chi connectivity index (χ1) is 13.6. The maximum absolute atomic E-state index is 14.3. The van der Waals surface area contributed by atoms with Crippen LogP contribution in [0.25, 0.3) is 15.8 Å². The lowest BCUT2D eigenvalue weighted by Gasteiger charge is -2.10. The molecule has 2 aromatic carbocycles. The minimum atomic E-state index is -0.368. The van der Waals surface area contributed by atoms with Gasteiger partial charge in [-0.05, 0) is 30.3 Å². The standard InChI is InChI=1S/C20H15ClFN3O2S/c1-27-10-13-18-15(22)3-2-4-17(18)28-19(13)20(26)24-12-5-6-16(14(21)9-12)25-8-7-23-11-25/h2-9,11H,10H2,1H3,(H,24,26). The summed E-state index contributed by atoms with van der Waals surface area (Å²) in [6.45, 7) is 0.143. The Hall–Kier alpha value is -2.74. The van der Waals surface area contributed by atoms with E-state index in [0.717, 1.165) is 5.69 Å². The van der Waals surface area contributed by atoms with E-state index in [2.05, 4.69) is 10.3 Å². The Morgan fingerprint density at radius 1 is 1.36 bits per heavy atom. The van der Waals surface area contributed by atoms with Crippen molar-refractivity contribution in [3.05, 3.63) is 76.4 Å². The van der Waals surface area contributed by atoms with Crippen LogP contribution in [0.1, 0.15) is 15.2 Å². The minimum Gasteiger partial charge on any atom is -0.380 e. The molecular weight excluding hydrogens is 401 g/mol. The molecule has 0 aliphatic carbocycles. The van der Waals surface area contributed by atoms with Crippen LogP contribution >= 0.6 is 22.9 Å². The van der Waals surface area contributed by atoms with Crippen LogP contribution in [0.15, 0.2) is 55.1 Å². The van der Waals surface area contributed by atoms with Crippen molar-refractivity contribution >= 4 is 44.6 Å². The predicted octanol–water partition coefficient (Wildman–Crippen LogP) is 5.28. The third kappa shape index (κ3) is 3.40. The van der Waals surface area contributed by atoms with Crippen molar-refractivity contribution in [3.8, 4) is 5.69 Å². The fourth-order valence-electron chi connectivity index (χ4n) is 3.02. The van der Waals surface area contributed by atoms with Gasteiger partial charge in [0.15, 0.2) is 0 Å². The third-order valence-electron chi connectivity index (χ3n) is 4.25. The van der Waals surface area contributed by atoms with Gasteiger partial charge in [-0.25, -0.2) is 9.37 Å². The maximum Gasteiger partial charge on any atom is 0.266 e. The largest absolute Gasteiger partial charge is 0.380 e. The summed E-state index contributed by atoms with van der Waals surface area (Å²) >= 11 is 7.58. The Morgan fingerprint density at radius 3 is 2.93 bits per heavy atom. The summed E-state index contributed by atoms with van der Waals surface area (Å²) in [7, 11) is 1.51. The fraction of sp³-hybridized carbons (Fsp3) is 0.100. The van der Waals surface area contributed by atoms with Crippen LogP contribution in [-0.4, -0.2) is 22.6 Å². The molecule has 0 aliphatic rings. The summed E-state index contributed by atoms with van der Waals surface area (Å²) in [6, 6.07) is 10.0. The first-order valence-electron chi connectivity index (χ1n) is 8.36. The zero-order chi connectivity index (χ0) is 19.7. The van der Waals surface area contributed by atoms with E-state index in [-0.39, 0.29) is 18.3 Å². The second kappa shape index (κ2) is 7.71. The first kappa shape index (κ1) is 18.6. The number of nitrogens with one attached hydrogen (secondary N) is 1. The predicted molar refractivity (Wildman–Crippen MR) is 109 cm³/mol. The molecule has 0 saturated carbocycles. The molecule has 1 amide bonds. The molecule has 5 nitrogen and oxygen atoms in total. The van der Waals surface area contributed by atoms with Crippen LogP contribution in [0.2, 0.25) is 5.02 Å². The summed E-state index contributed by atoms with van der Waals surface area (Å²) in [4.78, 5) is 17.3. The van der Waals surface area contributed by atoms with Gasteiger partial charge in [0, 0.05) is 40.8 Å². The molecule has 2 heterocycles. The first-order valence-corrected chi connectivity index (χ1v) is 9.56. The van der Waals surface area contributed by atoms with Crippen molar-refractivity contribution < 1.29 is 13.9 Å². The van der Waals surface area contributed by atoms with Crippen molar-refractivity contribution in [2.45, 2.75) is 6.61 Å². The molecular formula is C20H15ClFN3O2S. The molecule has 0 unspecified atom stereocenters. The zero-order valence-electron chi connectivity index (χ0n) is 14.8. The lowest BCUT2D eigenvalue weighted by Crippen LogP contribution is -2.12. The lowest BCUT2D eigenvalue weighted by molar-refractivity contribution is 0.102. The second-order valence-electron chi connectivity index (χ2n) is 6.05. The molecule has 0 fully saturated rings. The Bertz CT molecular complexity index is 1160. The van der Waals surface area contributed by atoms with Gasteiger partial charge in [0.2, 0.25) is 0 Å². The number of carbonyl (C=O) groups is 1. The summed E-state index contributed by atoms with van der Waals surface area (Å²) in [6.07, 6.45) is 5.08. The number of amides is 1. The molecule has 8 heteroatoms. The van der Waals surface area contributed by atoms with Crippen molar-refractivity contribution in [3.63, 3.8) is 0 Å². The minimum absolute atomic E-state index is 0.143. The van der Waals surface area contributed by atoms with Gasteiger partial charge in [-0.15, -0.1) is 11.3 Å². The number of halogens is 2. The summed E-state index contributed by atoms with van der Waals surface area (Å²) in [5.41, 5.74) is 1.83. The quantitative estimate of drug-likeness (QED) is 0.482. The van der Waals surface area contributed by atoms with Crippen LogP contribution in [0, 0.1) is 5.82 Å². The Balaban J connectivity index is 1.66. The second-order valence-corrected chi connectivity index (χ2v) is 7.51. The maximum atomic E-state index is 14.3. The van der Waals surface area contributed by atoms with E-state index < -0.39 is 0 Å². The molecule has 28 heavy (non-hydrogen) atoms. The zero-order valence-corrected chi connectivity index (χ0v) is 16.4. The number of ether oxygens (including phenoxy) is 1. The number of hydrogen-bond donors (Lipinski definition) is 1. The SMILES string of the molecule is COCc1c(C(=O)Nc2ccc(-n3ccnc3)c(Cl)c2)sc2cccc(F)c12. The van der Waals surface area contributed by atoms with Crippen LogP contribution in [0.3, 0.4) is 0 Å². The van der Waals surface area contributed by atoms with E-state index in [1.807, 2.05) is 0 Å². The smallest absolute Gasteiger partial charge is 0.266 e. The van der Waals surface area contributed by atoms with E-state index in [9.17, 15) is 9.18 Å². The van der Waals surface area contributed by atoms with Gasteiger partial charge >= 0.3 is 0 Å². The molecule has 4 rings (SSSR count). The number of carbonyl (C=O) groups excluding carboxylic acids is 1. The van der Waals surface area contributed by atoms with Gasteiger partial charge < -0.3 is 14.6 Å². The van der Waals surface area contributed by atoms with Gasteiger partial charge in [0.25, 0.3) is 5.91 Å². The van der Waals surface area contributed by atoms with E-state index in [0.29, 0.717) is 31.2 Å². The van der Waals surface area contributed by atoms with Gasteiger partial charge in [0.1, 0.15) is 5.82 Å². The molecule has 0 atom stereocenters. The lowest BCUT2D eigenvalue weighted by atomic mass is 10.1. The summed E-state index contributed by atoms with van der Waals surface area (Å²) in [5, 5.41) is 3.73. The molecule has 4 aromatic rings. The molecule has 0 radical (unpaired) electrons. The number of rotatable bonds is 5. The number of fused-ring (bicyclic) bond motifs is 1. The number of nitrogens with zero attached hydrogens (tertiary/aromatic N) is 2. The Kier molecular flexibility index (Phi) is 5.13. The number of methoxy groups -OCH3 is 1. The van der Waals surface area contributed by atoms with Gasteiger partial charge in [-0.1, -0.05) is 17.7 Å². The average molecular weight is 416 g/mol. The number of benzene rings is 2. The van der Waals surface area contributed by atoms with Crippen LogP contribution in [-0.2, 0) is 11.3 Å². The molecule has 0 aliphatic heterocycles. The molecule has 142 valence electrons. The van der Waals surface area contributed by atoms with Crippen molar-refractivity contribution in [2.75, 3.05) is 12.4 Å². The summed E-state index contributed by atoms with van der Waals surface area (Å²) in [5.74, 6) is -0.702. The van der Waals surface area contributed by atoms with Gasteiger partial charge in [0.05, 0.1) is 28.5 Å². The topological polar surface area (TPSA) is 56.1 Å². The van der Waals surface area contributed by atoms with Gasteiger partial charge in [-0.2, -0.15) is 0 Å². The number of imidazole rings is 1. The highest BCUT2D eigenvalue weighted by Crippen LogP contribution is 2.34. The molecule has 1 N–H and O–H groups in total. The van der Waals surface area contributed by atoms with Crippen LogP contribution in [0.5, 0.6) is 0 Å². The highest BCUT2D eigenvalue weighted by Gasteiger charge is 2.21. The molecule has 0 spiro atoms. The number of aromatic nitrogens is 2. The van der Waals surface area contributed by atoms with E-state index in [1.165, 1.54) is 24.5 Å². The normalized spacial score (nSPS) is 11.1. The summed E-state index contributed by atoms with van der Waals surface area (Å²) < 4.78 is 22.0. The third-order valence-corrected chi connectivity index (χ3v) is 5.75. The molecule has 2 aromatic heterocycles. The van der Waals surface area contributed by atoms with Gasteiger partial charge in [-0.3, -0.25) is 4.79 Å². The molecule has 0 saturated heterocycles. The average Bonchev–Trinajstić information content (AvgIpc) is 3.31. The number of anilines is 1. The van der Waals surface area contributed by atoms with Crippen molar-refractivity contribution in [1.82, 2.24) is 9.55 Å².